The summed E-state index contributed by atoms with van der Waals surface area (Å²) in [5.41, 5.74) is 1.24. The zero-order valence-electron chi connectivity index (χ0n) is 10.1. The van der Waals surface area contributed by atoms with E-state index in [9.17, 15) is 0 Å². The topological polar surface area (TPSA) is 42.7 Å². The Labute approximate surface area is 102 Å². The molecule has 17 heavy (non-hydrogen) atoms. The van der Waals surface area contributed by atoms with E-state index in [0.717, 1.165) is 31.9 Å². The fraction of sp³-hybridized carbons (Fsp3) is 0.385. The number of aryl methyl sites for hydroxylation is 1. The van der Waals surface area contributed by atoms with Gasteiger partial charge in [-0.25, -0.2) is 4.98 Å². The molecular weight excluding hydrogens is 212 g/mol. The van der Waals surface area contributed by atoms with E-state index in [4.69, 9.17) is 0 Å². The fourth-order valence-electron chi connectivity index (χ4n) is 1.77. The first kappa shape index (κ1) is 11.8. The van der Waals surface area contributed by atoms with Gasteiger partial charge in [-0.05, 0) is 24.1 Å². The van der Waals surface area contributed by atoms with Crippen molar-refractivity contribution in [2.24, 2.45) is 0 Å². The molecule has 1 N–H and O–H groups in total. The van der Waals surface area contributed by atoms with Crippen LogP contribution in [0.15, 0.2) is 36.9 Å². The normalized spacial score (nSPS) is 10.6. The molecule has 2 heterocycles. The van der Waals surface area contributed by atoms with E-state index < -0.39 is 0 Å². The smallest absolute Gasteiger partial charge is 0.122 e. The van der Waals surface area contributed by atoms with Gasteiger partial charge in [-0.15, -0.1) is 0 Å². The highest BCUT2D eigenvalue weighted by Crippen LogP contribution is 2.00. The van der Waals surface area contributed by atoms with Crippen LogP contribution in [0, 0.1) is 0 Å². The number of imidazole rings is 1. The Hall–Kier alpha value is -1.68. The highest BCUT2D eigenvalue weighted by atomic mass is 15.1. The number of pyridine rings is 1. The van der Waals surface area contributed by atoms with E-state index >= 15 is 0 Å². The SMILES string of the molecule is CCCn1ccnc1CNCc1ccncc1. The lowest BCUT2D eigenvalue weighted by Crippen LogP contribution is -2.16. The maximum absolute atomic E-state index is 4.35. The molecule has 0 atom stereocenters. The summed E-state index contributed by atoms with van der Waals surface area (Å²) >= 11 is 0. The van der Waals surface area contributed by atoms with Crippen LogP contribution in [0.2, 0.25) is 0 Å². The predicted molar refractivity (Wildman–Crippen MR) is 67.3 cm³/mol. The summed E-state index contributed by atoms with van der Waals surface area (Å²) < 4.78 is 2.19. The minimum Gasteiger partial charge on any atom is -0.334 e. The van der Waals surface area contributed by atoms with Gasteiger partial charge in [0.15, 0.2) is 0 Å². The molecular formula is C13H18N4. The Balaban J connectivity index is 1.84. The van der Waals surface area contributed by atoms with E-state index in [1.54, 1.807) is 0 Å². The first-order valence-electron chi connectivity index (χ1n) is 5.99. The zero-order valence-corrected chi connectivity index (χ0v) is 10.1. The van der Waals surface area contributed by atoms with E-state index in [1.807, 2.05) is 36.9 Å². The van der Waals surface area contributed by atoms with Crippen LogP contribution >= 0.6 is 0 Å². The van der Waals surface area contributed by atoms with Crippen LogP contribution < -0.4 is 5.32 Å². The van der Waals surface area contributed by atoms with Crippen molar-refractivity contribution < 1.29 is 0 Å². The minimum atomic E-state index is 0.801. The maximum Gasteiger partial charge on any atom is 0.122 e. The van der Waals surface area contributed by atoms with Crippen LogP contribution in [0.3, 0.4) is 0 Å². The second-order valence-corrected chi connectivity index (χ2v) is 4.00. The number of rotatable bonds is 6. The Kier molecular flexibility index (Phi) is 4.27. The van der Waals surface area contributed by atoms with Crippen molar-refractivity contribution >= 4 is 0 Å². The molecule has 2 rings (SSSR count). The Bertz CT molecular complexity index is 436. The first-order valence-corrected chi connectivity index (χ1v) is 5.99. The Morgan fingerprint density at radius 1 is 1.18 bits per heavy atom. The largest absolute Gasteiger partial charge is 0.334 e. The molecule has 0 saturated heterocycles. The van der Waals surface area contributed by atoms with Crippen molar-refractivity contribution in [2.45, 2.75) is 33.0 Å². The van der Waals surface area contributed by atoms with Crippen molar-refractivity contribution in [2.75, 3.05) is 0 Å². The van der Waals surface area contributed by atoms with Crippen molar-refractivity contribution in [3.05, 3.63) is 48.3 Å². The van der Waals surface area contributed by atoms with Gasteiger partial charge in [-0.1, -0.05) is 6.92 Å². The van der Waals surface area contributed by atoms with Gasteiger partial charge in [-0.2, -0.15) is 0 Å². The van der Waals surface area contributed by atoms with Crippen LogP contribution in [-0.4, -0.2) is 14.5 Å². The molecule has 0 bridgehead atoms. The van der Waals surface area contributed by atoms with Crippen molar-refractivity contribution in [3.8, 4) is 0 Å². The molecule has 2 aromatic heterocycles. The van der Waals surface area contributed by atoms with E-state index in [0.29, 0.717) is 0 Å². The summed E-state index contributed by atoms with van der Waals surface area (Å²) in [6, 6.07) is 4.04. The first-order chi connectivity index (χ1) is 8.40. The molecule has 0 amide bonds. The lowest BCUT2D eigenvalue weighted by atomic mass is 10.3. The van der Waals surface area contributed by atoms with Gasteiger partial charge < -0.3 is 9.88 Å². The van der Waals surface area contributed by atoms with Crippen molar-refractivity contribution in [3.63, 3.8) is 0 Å². The van der Waals surface area contributed by atoms with Crippen LogP contribution in [0.25, 0.3) is 0 Å². The summed E-state index contributed by atoms with van der Waals surface area (Å²) in [6.45, 7) is 4.86. The number of hydrogen-bond donors (Lipinski definition) is 1. The molecule has 4 heteroatoms. The standard InChI is InChI=1S/C13H18N4/c1-2-8-17-9-7-16-13(17)11-15-10-12-3-5-14-6-4-12/h3-7,9,15H,2,8,10-11H2,1H3. The third-order valence-electron chi connectivity index (χ3n) is 2.63. The summed E-state index contributed by atoms with van der Waals surface area (Å²) in [5.74, 6) is 1.10. The van der Waals surface area contributed by atoms with Crippen LogP contribution in [-0.2, 0) is 19.6 Å². The molecule has 0 radical (unpaired) electrons. The van der Waals surface area contributed by atoms with Crippen LogP contribution in [0.4, 0.5) is 0 Å². The lowest BCUT2D eigenvalue weighted by molar-refractivity contribution is 0.588. The van der Waals surface area contributed by atoms with Gasteiger partial charge in [0.25, 0.3) is 0 Å². The van der Waals surface area contributed by atoms with Gasteiger partial charge in [0.1, 0.15) is 5.82 Å². The van der Waals surface area contributed by atoms with Crippen LogP contribution in [0.1, 0.15) is 24.7 Å². The van der Waals surface area contributed by atoms with E-state index in [-0.39, 0.29) is 0 Å². The van der Waals surface area contributed by atoms with E-state index in [1.165, 1.54) is 5.56 Å². The molecule has 0 aliphatic heterocycles. The van der Waals surface area contributed by atoms with Crippen molar-refractivity contribution in [1.29, 1.82) is 0 Å². The molecule has 2 aromatic rings. The van der Waals surface area contributed by atoms with Gasteiger partial charge in [0.2, 0.25) is 0 Å². The summed E-state index contributed by atoms with van der Waals surface area (Å²) in [5, 5.41) is 3.39. The van der Waals surface area contributed by atoms with Gasteiger partial charge >= 0.3 is 0 Å². The fourth-order valence-corrected chi connectivity index (χ4v) is 1.77. The lowest BCUT2D eigenvalue weighted by Gasteiger charge is -2.07. The van der Waals surface area contributed by atoms with Gasteiger partial charge in [0.05, 0.1) is 6.54 Å². The molecule has 0 aliphatic carbocycles. The Morgan fingerprint density at radius 3 is 2.76 bits per heavy atom. The number of hydrogen-bond acceptors (Lipinski definition) is 3. The van der Waals surface area contributed by atoms with E-state index in [2.05, 4.69) is 26.8 Å². The van der Waals surface area contributed by atoms with Crippen LogP contribution in [0.5, 0.6) is 0 Å². The molecule has 0 aliphatic rings. The predicted octanol–water partition coefficient (Wildman–Crippen LogP) is 1.98. The van der Waals surface area contributed by atoms with Gasteiger partial charge in [0, 0.05) is 37.9 Å². The summed E-state index contributed by atoms with van der Waals surface area (Å²) in [4.78, 5) is 8.35. The number of aromatic nitrogens is 3. The monoisotopic (exact) mass is 230 g/mol. The minimum absolute atomic E-state index is 0.801. The maximum atomic E-state index is 4.35. The highest BCUT2D eigenvalue weighted by Gasteiger charge is 2.01. The average molecular weight is 230 g/mol. The third kappa shape index (κ3) is 3.39. The highest BCUT2D eigenvalue weighted by molar-refractivity contribution is 5.09. The molecule has 0 aromatic carbocycles. The van der Waals surface area contributed by atoms with Gasteiger partial charge in [-0.3, -0.25) is 4.98 Å². The summed E-state index contributed by atoms with van der Waals surface area (Å²) in [7, 11) is 0. The zero-order chi connectivity index (χ0) is 11.9. The molecule has 90 valence electrons. The molecule has 0 saturated carbocycles. The summed E-state index contributed by atoms with van der Waals surface area (Å²) in [6.07, 6.45) is 8.66. The number of nitrogens with one attached hydrogen (secondary N) is 1. The number of nitrogens with zero attached hydrogens (tertiary/aromatic N) is 3. The molecule has 0 spiro atoms. The molecule has 0 fully saturated rings. The quantitative estimate of drug-likeness (QED) is 0.825. The second kappa shape index (κ2) is 6.15. The molecule has 4 nitrogen and oxygen atoms in total. The third-order valence-corrected chi connectivity index (χ3v) is 2.63. The Morgan fingerprint density at radius 2 is 2.00 bits per heavy atom. The average Bonchev–Trinajstić information content (AvgIpc) is 2.79. The van der Waals surface area contributed by atoms with Crippen molar-refractivity contribution in [1.82, 2.24) is 19.9 Å². The molecule has 0 unspecified atom stereocenters. The second-order valence-electron chi connectivity index (χ2n) is 4.00.